The maximum Gasteiger partial charge on any atom is 0.326 e. The van der Waals surface area contributed by atoms with Crippen molar-refractivity contribution in [3.8, 4) is 0 Å². The molecule has 7 N–H and O–H groups in total. The summed E-state index contributed by atoms with van der Waals surface area (Å²) < 4.78 is 0. The Balaban J connectivity index is 2.29. The van der Waals surface area contributed by atoms with Gasteiger partial charge in [0, 0.05) is 23.5 Å². The number of benzene rings is 1. The zero-order valence-electron chi connectivity index (χ0n) is 22.7. The summed E-state index contributed by atoms with van der Waals surface area (Å²) in [5, 5.41) is 18.6. The summed E-state index contributed by atoms with van der Waals surface area (Å²) in [6.07, 6.45) is 4.40. The number of aromatic nitrogens is 1. The number of nitrogens with two attached hydrogens (primary N) is 1. The lowest BCUT2D eigenvalue weighted by Crippen LogP contribution is -2.58. The molecule has 4 atom stereocenters. The topological polar surface area (TPSA) is 166 Å². The van der Waals surface area contributed by atoms with Crippen molar-refractivity contribution in [3.05, 3.63) is 36.0 Å². The van der Waals surface area contributed by atoms with Crippen molar-refractivity contribution >= 4 is 46.4 Å². The van der Waals surface area contributed by atoms with Gasteiger partial charge in [-0.1, -0.05) is 45.9 Å². The molecule has 11 heteroatoms. The van der Waals surface area contributed by atoms with Crippen molar-refractivity contribution in [2.75, 3.05) is 12.0 Å². The molecule has 1 aromatic carbocycles. The van der Waals surface area contributed by atoms with Gasteiger partial charge in [0.1, 0.15) is 18.1 Å². The fourth-order valence-electron chi connectivity index (χ4n) is 4.04. The molecule has 2 aromatic rings. The Kier molecular flexibility index (Phi) is 12.1. The summed E-state index contributed by atoms with van der Waals surface area (Å²) in [5.41, 5.74) is 7.76. The number of thioether (sulfide) groups is 1. The highest BCUT2D eigenvalue weighted by Gasteiger charge is 2.31. The average Bonchev–Trinajstić information content (AvgIpc) is 3.27. The third-order valence-electron chi connectivity index (χ3n) is 6.32. The van der Waals surface area contributed by atoms with Gasteiger partial charge in [-0.15, -0.1) is 0 Å². The zero-order valence-corrected chi connectivity index (χ0v) is 23.6. The highest BCUT2D eigenvalue weighted by molar-refractivity contribution is 7.98. The number of nitrogens with one attached hydrogen (secondary N) is 4. The Morgan fingerprint density at radius 2 is 1.55 bits per heavy atom. The summed E-state index contributed by atoms with van der Waals surface area (Å²) in [7, 11) is 0. The van der Waals surface area contributed by atoms with Gasteiger partial charge in [-0.05, 0) is 48.3 Å². The molecule has 1 aromatic heterocycles. The first kappa shape index (κ1) is 31.2. The van der Waals surface area contributed by atoms with E-state index in [1.165, 1.54) is 11.8 Å². The number of aliphatic carboxylic acids is 1. The molecule has 0 aliphatic rings. The van der Waals surface area contributed by atoms with Gasteiger partial charge in [-0.3, -0.25) is 14.4 Å². The number of H-pyrrole nitrogens is 1. The predicted molar refractivity (Wildman–Crippen MR) is 151 cm³/mol. The van der Waals surface area contributed by atoms with Crippen molar-refractivity contribution in [1.29, 1.82) is 0 Å². The van der Waals surface area contributed by atoms with Crippen molar-refractivity contribution in [2.45, 2.75) is 71.1 Å². The molecule has 0 bridgehead atoms. The SMILES string of the molecule is CSCCC(NC(=O)C(Cc1c[nH]c2ccccc12)NC(=O)C(N)C(C)C)C(=O)NC(CC(C)C)C(=O)O. The van der Waals surface area contributed by atoms with E-state index in [1.54, 1.807) is 6.20 Å². The number of para-hydroxylation sites is 1. The molecule has 0 aliphatic heterocycles. The number of carboxylic acid groups (broad SMARTS) is 1. The van der Waals surface area contributed by atoms with Crippen molar-refractivity contribution in [2.24, 2.45) is 17.6 Å². The van der Waals surface area contributed by atoms with Crippen LogP contribution >= 0.6 is 11.8 Å². The third-order valence-corrected chi connectivity index (χ3v) is 6.96. The Morgan fingerprint density at radius 1 is 0.947 bits per heavy atom. The van der Waals surface area contributed by atoms with Crippen LogP contribution in [0.15, 0.2) is 30.5 Å². The minimum absolute atomic E-state index is 0.0524. The van der Waals surface area contributed by atoms with Crippen LogP contribution in [0.4, 0.5) is 0 Å². The minimum Gasteiger partial charge on any atom is -0.480 e. The number of fused-ring (bicyclic) bond motifs is 1. The van der Waals surface area contributed by atoms with E-state index in [9.17, 15) is 24.3 Å². The van der Waals surface area contributed by atoms with Gasteiger partial charge < -0.3 is 31.8 Å². The van der Waals surface area contributed by atoms with E-state index >= 15 is 0 Å². The number of carboxylic acids is 1. The second-order valence-corrected chi connectivity index (χ2v) is 11.3. The number of hydrogen-bond donors (Lipinski definition) is 6. The minimum atomic E-state index is -1.13. The van der Waals surface area contributed by atoms with E-state index < -0.39 is 47.9 Å². The van der Waals surface area contributed by atoms with Crippen LogP contribution in [0.25, 0.3) is 10.9 Å². The highest BCUT2D eigenvalue weighted by atomic mass is 32.2. The number of carbonyl (C=O) groups is 4. The van der Waals surface area contributed by atoms with Gasteiger partial charge in [0.25, 0.3) is 0 Å². The van der Waals surface area contributed by atoms with Crippen LogP contribution in [0.3, 0.4) is 0 Å². The van der Waals surface area contributed by atoms with Crippen molar-refractivity contribution in [1.82, 2.24) is 20.9 Å². The van der Waals surface area contributed by atoms with Gasteiger partial charge in [0.2, 0.25) is 17.7 Å². The fourth-order valence-corrected chi connectivity index (χ4v) is 4.51. The molecule has 0 aliphatic carbocycles. The molecule has 10 nitrogen and oxygen atoms in total. The van der Waals surface area contributed by atoms with Crippen molar-refractivity contribution in [3.63, 3.8) is 0 Å². The molecular formula is C27H41N5O5S. The van der Waals surface area contributed by atoms with E-state index in [-0.39, 0.29) is 24.7 Å². The summed E-state index contributed by atoms with van der Waals surface area (Å²) in [6, 6.07) is 3.79. The van der Waals surface area contributed by atoms with E-state index in [4.69, 9.17) is 5.73 Å². The first-order valence-electron chi connectivity index (χ1n) is 12.9. The lowest BCUT2D eigenvalue weighted by atomic mass is 10.0. The fraction of sp³-hybridized carbons (Fsp3) is 0.556. The van der Waals surface area contributed by atoms with Crippen LogP contribution in [0, 0.1) is 11.8 Å². The maximum absolute atomic E-state index is 13.5. The molecule has 4 unspecified atom stereocenters. The molecule has 0 fully saturated rings. The quantitative estimate of drug-likeness (QED) is 0.198. The van der Waals surface area contributed by atoms with Crippen LogP contribution in [0.5, 0.6) is 0 Å². The second-order valence-electron chi connectivity index (χ2n) is 10.3. The predicted octanol–water partition coefficient (Wildman–Crippen LogP) is 2.03. The molecule has 2 rings (SSSR count). The molecule has 0 saturated heterocycles. The van der Waals surface area contributed by atoms with E-state index in [1.807, 2.05) is 58.2 Å². The van der Waals surface area contributed by atoms with Gasteiger partial charge in [-0.2, -0.15) is 11.8 Å². The van der Waals surface area contributed by atoms with Crippen LogP contribution in [0.2, 0.25) is 0 Å². The molecular weight excluding hydrogens is 506 g/mol. The van der Waals surface area contributed by atoms with Gasteiger partial charge in [0.15, 0.2) is 0 Å². The monoisotopic (exact) mass is 547 g/mol. The summed E-state index contributed by atoms with van der Waals surface area (Å²) in [6.45, 7) is 7.37. The van der Waals surface area contributed by atoms with Gasteiger partial charge >= 0.3 is 5.97 Å². The number of rotatable bonds is 15. The Morgan fingerprint density at radius 3 is 2.16 bits per heavy atom. The third kappa shape index (κ3) is 9.05. The van der Waals surface area contributed by atoms with E-state index in [0.29, 0.717) is 12.2 Å². The van der Waals surface area contributed by atoms with Crippen LogP contribution in [0.1, 0.15) is 46.1 Å². The molecule has 0 saturated carbocycles. The average molecular weight is 548 g/mol. The molecule has 1 heterocycles. The molecule has 0 radical (unpaired) electrons. The van der Waals surface area contributed by atoms with E-state index in [2.05, 4.69) is 20.9 Å². The Labute approximate surface area is 228 Å². The lowest BCUT2D eigenvalue weighted by molar-refractivity contribution is -0.142. The maximum atomic E-state index is 13.5. The largest absolute Gasteiger partial charge is 0.480 e. The molecule has 3 amide bonds. The molecule has 0 spiro atoms. The van der Waals surface area contributed by atoms with Crippen LogP contribution in [-0.4, -0.2) is 70.0 Å². The summed E-state index contributed by atoms with van der Waals surface area (Å²) in [5.74, 6) is -2.23. The summed E-state index contributed by atoms with van der Waals surface area (Å²) >= 11 is 1.50. The first-order valence-corrected chi connectivity index (χ1v) is 14.3. The first-order chi connectivity index (χ1) is 17.9. The molecule has 38 heavy (non-hydrogen) atoms. The zero-order chi connectivity index (χ0) is 28.4. The Hall–Kier alpha value is -3.05. The standard InChI is InChI=1S/C27H41N5O5S/c1-15(2)12-22(27(36)37)32-24(33)20(10-11-38-5)30-25(34)21(31-26(35)23(28)16(3)4)13-17-14-29-19-9-7-6-8-18(17)19/h6-9,14-16,20-23,29H,10-13,28H2,1-5H3,(H,30,34)(H,31,35)(H,32,33)(H,36,37). The summed E-state index contributed by atoms with van der Waals surface area (Å²) in [4.78, 5) is 54.3. The van der Waals surface area contributed by atoms with E-state index in [0.717, 1.165) is 16.5 Å². The number of amides is 3. The number of hydrogen-bond acceptors (Lipinski definition) is 6. The highest BCUT2D eigenvalue weighted by Crippen LogP contribution is 2.19. The molecule has 210 valence electrons. The van der Waals surface area contributed by atoms with Crippen molar-refractivity contribution < 1.29 is 24.3 Å². The van der Waals surface area contributed by atoms with Gasteiger partial charge in [0.05, 0.1) is 6.04 Å². The van der Waals surface area contributed by atoms with Crippen LogP contribution < -0.4 is 21.7 Å². The lowest BCUT2D eigenvalue weighted by Gasteiger charge is -2.26. The van der Waals surface area contributed by atoms with Gasteiger partial charge in [-0.25, -0.2) is 4.79 Å². The Bertz CT molecular complexity index is 1100. The van der Waals surface area contributed by atoms with Crippen LogP contribution in [-0.2, 0) is 25.6 Å². The smallest absolute Gasteiger partial charge is 0.326 e. The second kappa shape index (κ2) is 14.8. The number of carbonyl (C=O) groups excluding carboxylic acids is 3. The number of aromatic amines is 1. The normalized spacial score (nSPS) is 14.6.